The molecule has 0 spiro atoms. The number of nitrogens with one attached hydrogen (secondary N) is 1. The van der Waals surface area contributed by atoms with E-state index in [1.165, 1.54) is 0 Å². The Labute approximate surface area is 140 Å². The number of amides is 1. The smallest absolute Gasteiger partial charge is 0.229 e. The van der Waals surface area contributed by atoms with Gasteiger partial charge in [-0.15, -0.1) is 0 Å². The number of aromatic amines is 1. The van der Waals surface area contributed by atoms with E-state index in [2.05, 4.69) is 9.97 Å². The van der Waals surface area contributed by atoms with E-state index in [9.17, 15) is 4.79 Å². The summed E-state index contributed by atoms with van der Waals surface area (Å²) in [5.41, 5.74) is 2.79. The highest BCUT2D eigenvalue weighted by Gasteiger charge is 2.30. The first-order valence-corrected chi connectivity index (χ1v) is 8.45. The van der Waals surface area contributed by atoms with Gasteiger partial charge >= 0.3 is 0 Å². The Balaban J connectivity index is 1.59. The van der Waals surface area contributed by atoms with Crippen molar-refractivity contribution in [3.05, 3.63) is 60.2 Å². The second-order valence-corrected chi connectivity index (χ2v) is 6.24. The van der Waals surface area contributed by atoms with Crippen molar-refractivity contribution in [2.75, 3.05) is 6.54 Å². The fraction of sp³-hybridized carbons (Fsp3) is 0.316. The normalized spacial score (nSPS) is 18.0. The molecule has 3 heterocycles. The number of benzene rings is 1. The lowest BCUT2D eigenvalue weighted by Gasteiger charge is -2.34. The van der Waals surface area contributed by atoms with Gasteiger partial charge in [-0.3, -0.25) is 9.78 Å². The predicted molar refractivity (Wildman–Crippen MR) is 92.3 cm³/mol. The third-order valence-corrected chi connectivity index (χ3v) is 4.60. The second kappa shape index (κ2) is 6.43. The van der Waals surface area contributed by atoms with Gasteiger partial charge in [-0.25, -0.2) is 4.98 Å². The Morgan fingerprint density at radius 1 is 1.17 bits per heavy atom. The molecule has 1 aromatic carbocycles. The van der Waals surface area contributed by atoms with Crippen LogP contribution in [0.1, 0.15) is 36.8 Å². The van der Waals surface area contributed by atoms with Gasteiger partial charge in [0.25, 0.3) is 0 Å². The molecule has 0 aliphatic carbocycles. The van der Waals surface area contributed by atoms with Gasteiger partial charge in [0.2, 0.25) is 5.91 Å². The Morgan fingerprint density at radius 3 is 2.88 bits per heavy atom. The zero-order chi connectivity index (χ0) is 16.4. The molecule has 24 heavy (non-hydrogen) atoms. The molecule has 2 aromatic heterocycles. The summed E-state index contributed by atoms with van der Waals surface area (Å²) in [6.45, 7) is 0.785. The Hall–Kier alpha value is -2.69. The summed E-state index contributed by atoms with van der Waals surface area (Å²) < 4.78 is 0. The molecule has 5 nitrogen and oxygen atoms in total. The van der Waals surface area contributed by atoms with Crippen LogP contribution < -0.4 is 0 Å². The van der Waals surface area contributed by atoms with Crippen molar-refractivity contribution in [1.82, 2.24) is 19.9 Å². The molecule has 0 saturated carbocycles. The standard InChI is InChI=1S/C19H20N4O/c24-18(13-14-7-3-5-11-20-14)23-12-6-4-10-17(23)19-21-15-8-1-2-9-16(15)22-19/h1-3,5,7-9,11,17H,4,6,10,12-13H2,(H,21,22)/t17-/m0/s1. The first kappa shape index (κ1) is 14.9. The van der Waals surface area contributed by atoms with Crippen molar-refractivity contribution < 1.29 is 4.79 Å². The Morgan fingerprint density at radius 2 is 2.04 bits per heavy atom. The molecule has 122 valence electrons. The van der Waals surface area contributed by atoms with Crippen LogP contribution in [0, 0.1) is 0 Å². The van der Waals surface area contributed by atoms with Crippen LogP contribution in [0.15, 0.2) is 48.7 Å². The lowest BCUT2D eigenvalue weighted by atomic mass is 10.0. The van der Waals surface area contributed by atoms with Crippen LogP contribution in [0.4, 0.5) is 0 Å². The number of nitrogens with zero attached hydrogens (tertiary/aromatic N) is 3. The van der Waals surface area contributed by atoms with Gasteiger partial charge in [0, 0.05) is 18.4 Å². The van der Waals surface area contributed by atoms with Crippen molar-refractivity contribution in [3.8, 4) is 0 Å². The number of aromatic nitrogens is 3. The molecule has 1 aliphatic heterocycles. The predicted octanol–water partition coefficient (Wildman–Crippen LogP) is 3.25. The molecule has 3 aromatic rings. The van der Waals surface area contributed by atoms with Crippen LogP contribution in [0.25, 0.3) is 11.0 Å². The molecule has 0 radical (unpaired) electrons. The van der Waals surface area contributed by atoms with E-state index in [1.807, 2.05) is 47.4 Å². The average Bonchev–Trinajstić information content (AvgIpc) is 3.06. The third kappa shape index (κ3) is 2.89. The minimum atomic E-state index is 0.0300. The van der Waals surface area contributed by atoms with Crippen LogP contribution in [0.3, 0.4) is 0 Å². The monoisotopic (exact) mass is 320 g/mol. The molecule has 1 N–H and O–H groups in total. The topological polar surface area (TPSA) is 61.9 Å². The summed E-state index contributed by atoms with van der Waals surface area (Å²) in [7, 11) is 0. The fourth-order valence-corrected chi connectivity index (χ4v) is 3.40. The van der Waals surface area contributed by atoms with Gasteiger partial charge in [-0.2, -0.15) is 0 Å². The zero-order valence-corrected chi connectivity index (χ0v) is 13.5. The van der Waals surface area contributed by atoms with Crippen molar-refractivity contribution in [1.29, 1.82) is 0 Å². The first-order valence-electron chi connectivity index (χ1n) is 8.45. The molecule has 1 amide bonds. The summed E-state index contributed by atoms with van der Waals surface area (Å²) in [4.78, 5) is 27.2. The molecule has 0 bridgehead atoms. The molecule has 1 saturated heterocycles. The van der Waals surface area contributed by atoms with E-state index in [1.54, 1.807) is 6.20 Å². The number of imidazole rings is 1. The first-order chi connectivity index (χ1) is 11.8. The lowest BCUT2D eigenvalue weighted by molar-refractivity contribution is -0.134. The van der Waals surface area contributed by atoms with Crippen molar-refractivity contribution in [2.45, 2.75) is 31.7 Å². The molecule has 4 rings (SSSR count). The van der Waals surface area contributed by atoms with Gasteiger partial charge in [0.05, 0.1) is 23.5 Å². The van der Waals surface area contributed by atoms with Gasteiger partial charge in [-0.1, -0.05) is 18.2 Å². The van der Waals surface area contributed by atoms with E-state index < -0.39 is 0 Å². The number of carbonyl (C=O) groups excluding carboxylic acids is 1. The van der Waals surface area contributed by atoms with E-state index >= 15 is 0 Å². The highest BCUT2D eigenvalue weighted by atomic mass is 16.2. The lowest BCUT2D eigenvalue weighted by Crippen LogP contribution is -2.40. The zero-order valence-electron chi connectivity index (χ0n) is 13.5. The van der Waals surface area contributed by atoms with Crippen LogP contribution >= 0.6 is 0 Å². The largest absolute Gasteiger partial charge is 0.340 e. The minimum absolute atomic E-state index is 0.0300. The highest BCUT2D eigenvalue weighted by Crippen LogP contribution is 2.30. The Bertz CT molecular complexity index is 810. The Kier molecular flexibility index (Phi) is 3.99. The number of hydrogen-bond donors (Lipinski definition) is 1. The van der Waals surface area contributed by atoms with E-state index in [-0.39, 0.29) is 11.9 Å². The van der Waals surface area contributed by atoms with Crippen LogP contribution in [0.5, 0.6) is 0 Å². The van der Waals surface area contributed by atoms with Gasteiger partial charge in [0.15, 0.2) is 0 Å². The molecule has 1 fully saturated rings. The number of para-hydroxylation sites is 2. The van der Waals surface area contributed by atoms with Gasteiger partial charge < -0.3 is 9.88 Å². The maximum Gasteiger partial charge on any atom is 0.229 e. The third-order valence-electron chi connectivity index (χ3n) is 4.60. The maximum atomic E-state index is 12.8. The van der Waals surface area contributed by atoms with Crippen LogP contribution in [-0.2, 0) is 11.2 Å². The van der Waals surface area contributed by atoms with Gasteiger partial charge in [-0.05, 0) is 43.5 Å². The molecule has 1 aliphatic rings. The maximum absolute atomic E-state index is 12.8. The number of H-pyrrole nitrogens is 1. The second-order valence-electron chi connectivity index (χ2n) is 6.24. The SMILES string of the molecule is O=C(Cc1ccccn1)N1CCCC[C@H]1c1nc2ccccc2[nH]1. The number of likely N-dealkylation sites (tertiary alicyclic amines) is 1. The highest BCUT2D eigenvalue weighted by molar-refractivity contribution is 5.79. The van der Waals surface area contributed by atoms with Crippen LogP contribution in [0.2, 0.25) is 0 Å². The summed E-state index contributed by atoms with van der Waals surface area (Å²) in [6.07, 6.45) is 5.20. The summed E-state index contributed by atoms with van der Waals surface area (Å²) >= 11 is 0. The van der Waals surface area contributed by atoms with Crippen molar-refractivity contribution in [3.63, 3.8) is 0 Å². The van der Waals surface area contributed by atoms with E-state index in [4.69, 9.17) is 4.98 Å². The number of pyridine rings is 1. The summed E-state index contributed by atoms with van der Waals surface area (Å²) in [5.74, 6) is 1.02. The number of carbonyl (C=O) groups is 1. The van der Waals surface area contributed by atoms with Crippen LogP contribution in [-0.4, -0.2) is 32.3 Å². The molecule has 5 heteroatoms. The number of rotatable bonds is 3. The summed E-state index contributed by atoms with van der Waals surface area (Å²) in [6, 6.07) is 13.7. The molecular formula is C19H20N4O. The number of hydrogen-bond acceptors (Lipinski definition) is 3. The minimum Gasteiger partial charge on any atom is -0.340 e. The van der Waals surface area contributed by atoms with Gasteiger partial charge in [0.1, 0.15) is 5.82 Å². The fourth-order valence-electron chi connectivity index (χ4n) is 3.40. The number of piperidine rings is 1. The van der Waals surface area contributed by atoms with E-state index in [0.29, 0.717) is 6.42 Å². The number of fused-ring (bicyclic) bond motifs is 1. The summed E-state index contributed by atoms with van der Waals surface area (Å²) in [5, 5.41) is 0. The molecule has 1 atom stereocenters. The quantitative estimate of drug-likeness (QED) is 0.806. The van der Waals surface area contributed by atoms with E-state index in [0.717, 1.165) is 48.4 Å². The molecular weight excluding hydrogens is 300 g/mol. The molecule has 0 unspecified atom stereocenters. The van der Waals surface area contributed by atoms with Crippen molar-refractivity contribution in [2.24, 2.45) is 0 Å². The average molecular weight is 320 g/mol. The van der Waals surface area contributed by atoms with Crippen molar-refractivity contribution >= 4 is 16.9 Å².